The van der Waals surface area contributed by atoms with Crippen molar-refractivity contribution >= 4 is 11.8 Å². The monoisotopic (exact) mass is 402 g/mol. The molecule has 0 fully saturated rings. The predicted molar refractivity (Wildman–Crippen MR) is 113 cm³/mol. The van der Waals surface area contributed by atoms with Crippen LogP contribution in [0.25, 0.3) is 0 Å². The summed E-state index contributed by atoms with van der Waals surface area (Å²) in [6.07, 6.45) is 0.134. The minimum atomic E-state index is -0.462. The van der Waals surface area contributed by atoms with Crippen molar-refractivity contribution in [3.05, 3.63) is 107 Å². The average Bonchev–Trinajstić information content (AvgIpc) is 3.10. The van der Waals surface area contributed by atoms with E-state index >= 15 is 0 Å². The molecule has 5 heteroatoms. The Morgan fingerprint density at radius 3 is 2.37 bits per heavy atom. The van der Waals surface area contributed by atoms with Crippen molar-refractivity contribution in [2.24, 2.45) is 0 Å². The highest BCUT2D eigenvalue weighted by atomic mass is 19.1. The van der Waals surface area contributed by atoms with Crippen LogP contribution in [-0.2, 0) is 17.9 Å². The largest absolute Gasteiger partial charge is 0.341 e. The molecule has 0 saturated carbocycles. The molecule has 0 aromatic heterocycles. The Labute approximate surface area is 175 Å². The Morgan fingerprint density at radius 1 is 1.00 bits per heavy atom. The van der Waals surface area contributed by atoms with Crippen LogP contribution in [0.4, 0.5) is 4.39 Å². The standard InChI is InChI=1S/C25H23FN2O2/c1-27(16-18-7-3-2-4-8-18)24(29)15-23(19-11-13-21(26)14-12-19)28-17-20-9-5-6-10-22(20)25(28)30/h2-14,23H,15-17H2,1H3/t23-/m0/s1. The van der Waals surface area contributed by atoms with Gasteiger partial charge in [-0.1, -0.05) is 60.7 Å². The lowest BCUT2D eigenvalue weighted by atomic mass is 10.0. The van der Waals surface area contributed by atoms with Gasteiger partial charge in [-0.15, -0.1) is 0 Å². The lowest BCUT2D eigenvalue weighted by Crippen LogP contribution is -2.35. The second-order valence-corrected chi connectivity index (χ2v) is 7.60. The van der Waals surface area contributed by atoms with Crippen LogP contribution in [0, 0.1) is 5.82 Å². The number of hydrogen-bond acceptors (Lipinski definition) is 2. The summed E-state index contributed by atoms with van der Waals surface area (Å²) in [5.74, 6) is -0.517. The Kier molecular flexibility index (Phi) is 5.61. The first-order valence-corrected chi connectivity index (χ1v) is 9.95. The molecule has 2 amide bonds. The summed E-state index contributed by atoms with van der Waals surface area (Å²) >= 11 is 0. The second kappa shape index (κ2) is 8.49. The number of rotatable bonds is 6. The molecule has 0 spiro atoms. The maximum absolute atomic E-state index is 13.5. The van der Waals surface area contributed by atoms with E-state index in [-0.39, 0.29) is 24.1 Å². The molecule has 3 aromatic carbocycles. The van der Waals surface area contributed by atoms with E-state index in [0.717, 1.165) is 16.7 Å². The molecule has 30 heavy (non-hydrogen) atoms. The molecule has 0 saturated heterocycles. The lowest BCUT2D eigenvalue weighted by molar-refractivity contribution is -0.131. The number of carbonyl (C=O) groups excluding carboxylic acids is 2. The van der Waals surface area contributed by atoms with Gasteiger partial charge in [-0.2, -0.15) is 0 Å². The summed E-state index contributed by atoms with van der Waals surface area (Å²) in [7, 11) is 1.76. The van der Waals surface area contributed by atoms with Crippen molar-refractivity contribution in [1.82, 2.24) is 9.80 Å². The van der Waals surface area contributed by atoms with Gasteiger partial charge in [0.15, 0.2) is 0 Å². The van der Waals surface area contributed by atoms with Crippen molar-refractivity contribution in [1.29, 1.82) is 0 Å². The van der Waals surface area contributed by atoms with Crippen LogP contribution < -0.4 is 0 Å². The molecule has 1 aliphatic heterocycles. The number of halogens is 1. The highest BCUT2D eigenvalue weighted by Gasteiger charge is 2.34. The highest BCUT2D eigenvalue weighted by Crippen LogP contribution is 2.34. The molecule has 0 N–H and O–H groups in total. The zero-order valence-corrected chi connectivity index (χ0v) is 16.8. The third-order valence-corrected chi connectivity index (χ3v) is 5.54. The van der Waals surface area contributed by atoms with Gasteiger partial charge in [0.1, 0.15) is 5.82 Å². The molecular weight excluding hydrogens is 379 g/mol. The fourth-order valence-electron chi connectivity index (χ4n) is 3.89. The first kappa shape index (κ1) is 19.8. The summed E-state index contributed by atoms with van der Waals surface area (Å²) in [5.41, 5.74) is 3.39. The summed E-state index contributed by atoms with van der Waals surface area (Å²) in [6.45, 7) is 0.927. The van der Waals surface area contributed by atoms with Crippen LogP contribution in [0.1, 0.15) is 39.5 Å². The van der Waals surface area contributed by atoms with Gasteiger partial charge in [-0.05, 0) is 34.9 Å². The average molecular weight is 402 g/mol. The Bertz CT molecular complexity index is 1050. The first-order valence-electron chi connectivity index (χ1n) is 9.95. The lowest BCUT2D eigenvalue weighted by Gasteiger charge is -2.29. The maximum atomic E-state index is 13.5. The van der Waals surface area contributed by atoms with Crippen molar-refractivity contribution in [3.8, 4) is 0 Å². The van der Waals surface area contributed by atoms with Crippen molar-refractivity contribution in [2.75, 3.05) is 7.05 Å². The molecule has 1 heterocycles. The van der Waals surface area contributed by atoms with Crippen LogP contribution in [-0.4, -0.2) is 28.7 Å². The van der Waals surface area contributed by atoms with Gasteiger partial charge >= 0.3 is 0 Å². The SMILES string of the molecule is CN(Cc1ccccc1)C(=O)C[C@@H](c1ccc(F)cc1)N1Cc2ccccc2C1=O. The molecule has 1 aliphatic rings. The Balaban J connectivity index is 1.58. The number of fused-ring (bicyclic) bond motifs is 1. The van der Waals surface area contributed by atoms with Gasteiger partial charge in [-0.3, -0.25) is 9.59 Å². The van der Waals surface area contributed by atoms with E-state index in [9.17, 15) is 14.0 Å². The van der Waals surface area contributed by atoms with Crippen molar-refractivity contribution in [3.63, 3.8) is 0 Å². The van der Waals surface area contributed by atoms with Crippen LogP contribution in [0.15, 0.2) is 78.9 Å². The fraction of sp³-hybridized carbons (Fsp3) is 0.200. The predicted octanol–water partition coefficient (Wildman–Crippen LogP) is 4.57. The van der Waals surface area contributed by atoms with E-state index in [1.165, 1.54) is 12.1 Å². The number of carbonyl (C=O) groups is 2. The minimum Gasteiger partial charge on any atom is -0.341 e. The third-order valence-electron chi connectivity index (χ3n) is 5.54. The van der Waals surface area contributed by atoms with E-state index in [0.29, 0.717) is 18.7 Å². The van der Waals surface area contributed by atoms with Crippen LogP contribution >= 0.6 is 0 Å². The molecule has 0 unspecified atom stereocenters. The van der Waals surface area contributed by atoms with Gasteiger partial charge in [0.2, 0.25) is 5.91 Å². The second-order valence-electron chi connectivity index (χ2n) is 7.60. The zero-order valence-electron chi connectivity index (χ0n) is 16.8. The maximum Gasteiger partial charge on any atom is 0.255 e. The van der Waals surface area contributed by atoms with Crippen LogP contribution in [0.5, 0.6) is 0 Å². The first-order chi connectivity index (χ1) is 14.5. The van der Waals surface area contributed by atoms with Gasteiger partial charge in [-0.25, -0.2) is 4.39 Å². The Hall–Kier alpha value is -3.47. The van der Waals surface area contributed by atoms with Gasteiger partial charge in [0.05, 0.1) is 12.5 Å². The molecule has 4 rings (SSSR count). The molecule has 4 nitrogen and oxygen atoms in total. The Morgan fingerprint density at radius 2 is 1.67 bits per heavy atom. The van der Waals surface area contributed by atoms with Gasteiger partial charge in [0, 0.05) is 25.7 Å². The van der Waals surface area contributed by atoms with Crippen LogP contribution in [0.3, 0.4) is 0 Å². The molecule has 3 aromatic rings. The van der Waals surface area contributed by atoms with E-state index in [4.69, 9.17) is 0 Å². The third kappa shape index (κ3) is 4.10. The number of hydrogen-bond donors (Lipinski definition) is 0. The molecule has 0 radical (unpaired) electrons. The topological polar surface area (TPSA) is 40.6 Å². The molecule has 1 atom stereocenters. The summed E-state index contributed by atoms with van der Waals surface area (Å²) in [4.78, 5) is 29.5. The van der Waals surface area contributed by atoms with E-state index < -0.39 is 6.04 Å². The van der Waals surface area contributed by atoms with E-state index in [1.807, 2.05) is 54.6 Å². The highest BCUT2D eigenvalue weighted by molar-refractivity contribution is 5.98. The van der Waals surface area contributed by atoms with Crippen LogP contribution in [0.2, 0.25) is 0 Å². The number of benzene rings is 3. The zero-order chi connectivity index (χ0) is 21.1. The van der Waals surface area contributed by atoms with E-state index in [1.54, 1.807) is 29.0 Å². The van der Waals surface area contributed by atoms with Crippen molar-refractivity contribution in [2.45, 2.75) is 25.6 Å². The fourth-order valence-corrected chi connectivity index (χ4v) is 3.89. The molecule has 152 valence electrons. The van der Waals surface area contributed by atoms with Gasteiger partial charge < -0.3 is 9.80 Å². The molecule has 0 aliphatic carbocycles. The molecule has 0 bridgehead atoms. The normalized spacial score (nSPS) is 13.8. The smallest absolute Gasteiger partial charge is 0.255 e. The van der Waals surface area contributed by atoms with Gasteiger partial charge in [0.25, 0.3) is 5.91 Å². The molecular formula is C25H23FN2O2. The minimum absolute atomic E-state index is 0.0723. The van der Waals surface area contributed by atoms with Crippen molar-refractivity contribution < 1.29 is 14.0 Å². The summed E-state index contributed by atoms with van der Waals surface area (Å²) in [5, 5.41) is 0. The summed E-state index contributed by atoms with van der Waals surface area (Å²) < 4.78 is 13.5. The number of amides is 2. The number of nitrogens with zero attached hydrogens (tertiary/aromatic N) is 2. The van der Waals surface area contributed by atoms with E-state index in [2.05, 4.69) is 0 Å². The summed E-state index contributed by atoms with van der Waals surface area (Å²) in [6, 6.07) is 22.8. The quantitative estimate of drug-likeness (QED) is 0.606.